The predicted molar refractivity (Wildman–Crippen MR) is 114 cm³/mol. The molecule has 0 atom stereocenters. The quantitative estimate of drug-likeness (QED) is 0.711. The lowest BCUT2D eigenvalue weighted by atomic mass is 10.0. The summed E-state index contributed by atoms with van der Waals surface area (Å²) in [6.45, 7) is 3.01. The van der Waals surface area contributed by atoms with Gasteiger partial charge in [-0.2, -0.15) is 0 Å². The number of hydrogen-bond acceptors (Lipinski definition) is 6. The molecule has 0 radical (unpaired) electrons. The molecule has 2 aliphatic heterocycles. The molecule has 162 valence electrons. The number of anilines is 1. The number of rotatable bonds is 6. The van der Waals surface area contributed by atoms with Crippen LogP contribution < -0.4 is 9.64 Å². The van der Waals surface area contributed by atoms with Crippen LogP contribution in [0.5, 0.6) is 5.75 Å². The number of piperazine rings is 1. The Morgan fingerprint density at radius 1 is 1.00 bits per heavy atom. The first-order valence-corrected chi connectivity index (χ1v) is 10.2. The van der Waals surface area contributed by atoms with E-state index in [1.807, 2.05) is 4.90 Å². The van der Waals surface area contributed by atoms with Crippen molar-refractivity contribution in [2.75, 3.05) is 51.3 Å². The standard InChI is InChI=1S/C23H24FN3O4/c1-31-19-8-3-2-7-18(19)20-21(26-11-9-25(10-12-26)13-14-28)23(30)27(22(20)29)17-6-4-5-16(24)15-17/h2-8,15,28H,9-14H2,1H3. The molecule has 0 saturated carbocycles. The van der Waals surface area contributed by atoms with E-state index in [4.69, 9.17) is 4.74 Å². The monoisotopic (exact) mass is 425 g/mol. The van der Waals surface area contributed by atoms with E-state index in [1.54, 1.807) is 30.3 Å². The van der Waals surface area contributed by atoms with Crippen LogP contribution in [0.2, 0.25) is 0 Å². The number of methoxy groups -OCH3 is 1. The Labute approximate surface area is 179 Å². The van der Waals surface area contributed by atoms with Crippen molar-refractivity contribution >= 4 is 23.1 Å². The van der Waals surface area contributed by atoms with E-state index in [0.29, 0.717) is 49.7 Å². The van der Waals surface area contributed by atoms with Crippen LogP contribution in [0.4, 0.5) is 10.1 Å². The van der Waals surface area contributed by atoms with Gasteiger partial charge in [-0.05, 0) is 24.3 Å². The first-order chi connectivity index (χ1) is 15.0. The molecule has 2 aromatic rings. The summed E-state index contributed by atoms with van der Waals surface area (Å²) < 4.78 is 19.3. The smallest absolute Gasteiger partial charge is 0.282 e. The Hall–Kier alpha value is -3.23. The van der Waals surface area contributed by atoms with E-state index in [2.05, 4.69) is 4.90 Å². The van der Waals surface area contributed by atoms with Crippen LogP contribution >= 0.6 is 0 Å². The van der Waals surface area contributed by atoms with Gasteiger partial charge in [0.1, 0.15) is 17.3 Å². The zero-order valence-corrected chi connectivity index (χ0v) is 17.3. The fraction of sp³-hybridized carbons (Fsp3) is 0.304. The number of para-hydroxylation sites is 1. The molecule has 4 rings (SSSR count). The number of ether oxygens (including phenoxy) is 1. The van der Waals surface area contributed by atoms with Crippen molar-refractivity contribution in [1.29, 1.82) is 0 Å². The molecule has 0 unspecified atom stereocenters. The second-order valence-electron chi connectivity index (χ2n) is 7.40. The number of amides is 2. The van der Waals surface area contributed by atoms with Crippen LogP contribution in [-0.4, -0.2) is 73.2 Å². The maximum absolute atomic E-state index is 13.9. The van der Waals surface area contributed by atoms with E-state index in [0.717, 1.165) is 4.90 Å². The molecule has 1 fully saturated rings. The van der Waals surface area contributed by atoms with Crippen LogP contribution in [0.3, 0.4) is 0 Å². The summed E-state index contributed by atoms with van der Waals surface area (Å²) in [5, 5.41) is 9.19. The lowest BCUT2D eigenvalue weighted by Crippen LogP contribution is -2.48. The van der Waals surface area contributed by atoms with Crippen molar-refractivity contribution in [1.82, 2.24) is 9.80 Å². The van der Waals surface area contributed by atoms with Gasteiger partial charge >= 0.3 is 0 Å². The fourth-order valence-corrected chi connectivity index (χ4v) is 4.09. The van der Waals surface area contributed by atoms with Crippen molar-refractivity contribution in [2.45, 2.75) is 0 Å². The zero-order valence-electron chi connectivity index (χ0n) is 17.3. The van der Waals surface area contributed by atoms with E-state index in [9.17, 15) is 19.1 Å². The SMILES string of the molecule is COc1ccccc1C1=C(N2CCN(CCO)CC2)C(=O)N(c2cccc(F)c2)C1=O. The molecule has 2 amide bonds. The highest BCUT2D eigenvalue weighted by Crippen LogP contribution is 2.38. The lowest BCUT2D eigenvalue weighted by Gasteiger charge is -2.36. The maximum atomic E-state index is 13.9. The molecular weight excluding hydrogens is 401 g/mol. The average Bonchev–Trinajstić information content (AvgIpc) is 3.04. The van der Waals surface area contributed by atoms with Crippen molar-refractivity contribution in [3.05, 3.63) is 65.6 Å². The third-order valence-corrected chi connectivity index (χ3v) is 5.61. The summed E-state index contributed by atoms with van der Waals surface area (Å²) in [5.41, 5.74) is 1.26. The molecule has 1 N–H and O–H groups in total. The van der Waals surface area contributed by atoms with Crippen LogP contribution in [-0.2, 0) is 9.59 Å². The number of halogens is 1. The third-order valence-electron chi connectivity index (χ3n) is 5.61. The van der Waals surface area contributed by atoms with Crippen molar-refractivity contribution in [3.63, 3.8) is 0 Å². The van der Waals surface area contributed by atoms with Crippen molar-refractivity contribution in [3.8, 4) is 5.75 Å². The van der Waals surface area contributed by atoms with Crippen molar-refractivity contribution < 1.29 is 23.8 Å². The van der Waals surface area contributed by atoms with Crippen LogP contribution in [0.25, 0.3) is 5.57 Å². The number of benzene rings is 2. The van der Waals surface area contributed by atoms with E-state index in [1.165, 1.54) is 25.3 Å². The van der Waals surface area contributed by atoms with Gasteiger partial charge in [0.15, 0.2) is 0 Å². The average molecular weight is 425 g/mol. The molecule has 7 nitrogen and oxygen atoms in total. The van der Waals surface area contributed by atoms with E-state index < -0.39 is 17.6 Å². The van der Waals surface area contributed by atoms with E-state index in [-0.39, 0.29) is 17.9 Å². The number of aliphatic hydroxyl groups excluding tert-OH is 1. The fourth-order valence-electron chi connectivity index (χ4n) is 4.09. The van der Waals surface area contributed by atoms with Crippen LogP contribution in [0.15, 0.2) is 54.2 Å². The molecule has 1 saturated heterocycles. The second kappa shape index (κ2) is 8.87. The van der Waals surface area contributed by atoms with Gasteiger partial charge in [-0.25, -0.2) is 9.29 Å². The molecular formula is C23H24FN3O4. The molecule has 31 heavy (non-hydrogen) atoms. The third kappa shape index (κ3) is 3.92. The Morgan fingerprint density at radius 2 is 1.74 bits per heavy atom. The first-order valence-electron chi connectivity index (χ1n) is 10.2. The minimum atomic E-state index is -0.525. The highest BCUT2D eigenvalue weighted by Gasteiger charge is 2.43. The summed E-state index contributed by atoms with van der Waals surface area (Å²) in [4.78, 5) is 32.1. The van der Waals surface area contributed by atoms with Gasteiger partial charge in [-0.3, -0.25) is 14.5 Å². The van der Waals surface area contributed by atoms with Gasteiger partial charge in [0.05, 0.1) is 25.0 Å². The normalized spacial score (nSPS) is 17.6. The van der Waals surface area contributed by atoms with Gasteiger partial charge in [0, 0.05) is 38.3 Å². The van der Waals surface area contributed by atoms with Crippen LogP contribution in [0.1, 0.15) is 5.56 Å². The Kier molecular flexibility index (Phi) is 6.01. The number of aliphatic hydroxyl groups is 1. The largest absolute Gasteiger partial charge is 0.496 e. The molecule has 0 spiro atoms. The summed E-state index contributed by atoms with van der Waals surface area (Å²) in [6, 6.07) is 12.5. The van der Waals surface area contributed by atoms with Gasteiger partial charge in [0.25, 0.3) is 11.8 Å². The van der Waals surface area contributed by atoms with E-state index >= 15 is 0 Å². The molecule has 8 heteroatoms. The summed E-state index contributed by atoms with van der Waals surface area (Å²) in [6.07, 6.45) is 0. The number of nitrogens with zero attached hydrogens (tertiary/aromatic N) is 3. The van der Waals surface area contributed by atoms with Crippen LogP contribution in [0, 0.1) is 5.82 Å². The molecule has 2 aliphatic rings. The molecule has 0 aliphatic carbocycles. The lowest BCUT2D eigenvalue weighted by molar-refractivity contribution is -0.120. The molecule has 2 aromatic carbocycles. The number of carbonyl (C=O) groups is 2. The second-order valence-corrected chi connectivity index (χ2v) is 7.40. The Balaban J connectivity index is 1.78. The first kappa shape index (κ1) is 21.0. The maximum Gasteiger partial charge on any atom is 0.282 e. The highest BCUT2D eigenvalue weighted by molar-refractivity contribution is 6.45. The van der Waals surface area contributed by atoms with Gasteiger partial charge in [0.2, 0.25) is 0 Å². The topological polar surface area (TPSA) is 73.3 Å². The number of carbonyl (C=O) groups excluding carboxylic acids is 2. The number of hydrogen-bond donors (Lipinski definition) is 1. The zero-order chi connectivity index (χ0) is 22.0. The number of imide groups is 1. The molecule has 0 aromatic heterocycles. The Morgan fingerprint density at radius 3 is 2.42 bits per heavy atom. The van der Waals surface area contributed by atoms with Gasteiger partial charge < -0.3 is 14.7 Å². The highest BCUT2D eigenvalue weighted by atomic mass is 19.1. The minimum absolute atomic E-state index is 0.0694. The summed E-state index contributed by atoms with van der Waals surface area (Å²) in [5.74, 6) is -1.03. The van der Waals surface area contributed by atoms with Crippen molar-refractivity contribution in [2.24, 2.45) is 0 Å². The summed E-state index contributed by atoms with van der Waals surface area (Å²) in [7, 11) is 1.51. The van der Waals surface area contributed by atoms with Gasteiger partial charge in [-0.15, -0.1) is 0 Å². The summed E-state index contributed by atoms with van der Waals surface area (Å²) >= 11 is 0. The minimum Gasteiger partial charge on any atom is -0.496 e. The molecule has 0 bridgehead atoms. The Bertz CT molecular complexity index is 1030. The predicted octanol–water partition coefficient (Wildman–Crippen LogP) is 1.73. The number of β-amino-alcohol motifs (C(OH)–C–C–N with tert-alkyl or cyclic N) is 1. The van der Waals surface area contributed by atoms with Gasteiger partial charge in [-0.1, -0.05) is 24.3 Å². The molecule has 2 heterocycles.